The van der Waals surface area contributed by atoms with Crippen LogP contribution >= 0.6 is 0 Å². The van der Waals surface area contributed by atoms with Crippen LogP contribution in [0.2, 0.25) is 0 Å². The Labute approximate surface area is 178 Å². The van der Waals surface area contributed by atoms with Gasteiger partial charge in [0.25, 0.3) is 0 Å². The number of unbranched alkanes of at least 4 members (excludes halogenated alkanes) is 11. The lowest BCUT2D eigenvalue weighted by atomic mass is 10.1. The molecule has 0 aliphatic heterocycles. The number of sulfonamides is 1. The van der Waals surface area contributed by atoms with E-state index >= 15 is 0 Å². The Bertz CT molecular complexity index is 603. The highest BCUT2D eigenvalue weighted by Gasteiger charge is 2.31. The molecule has 0 spiro atoms. The van der Waals surface area contributed by atoms with Crippen molar-refractivity contribution in [2.75, 3.05) is 13.1 Å². The first-order valence-electron chi connectivity index (χ1n) is 11.2. The van der Waals surface area contributed by atoms with Gasteiger partial charge in [-0.15, -0.1) is 0 Å². The van der Waals surface area contributed by atoms with Crippen molar-refractivity contribution in [1.29, 1.82) is 15.8 Å². The number of nitriles is 3. The second-order valence-electron chi connectivity index (χ2n) is 7.56. The monoisotopic (exact) mass is 422 g/mol. The summed E-state index contributed by atoms with van der Waals surface area (Å²) >= 11 is 0. The van der Waals surface area contributed by atoms with E-state index in [1.54, 1.807) is 0 Å². The van der Waals surface area contributed by atoms with Crippen LogP contribution in [0.25, 0.3) is 0 Å². The summed E-state index contributed by atoms with van der Waals surface area (Å²) in [5.41, 5.74) is 0. The van der Waals surface area contributed by atoms with Crippen molar-refractivity contribution < 1.29 is 8.42 Å². The minimum atomic E-state index is -3.63. The molecule has 0 aliphatic carbocycles. The van der Waals surface area contributed by atoms with Crippen LogP contribution in [0.4, 0.5) is 0 Å². The van der Waals surface area contributed by atoms with E-state index in [2.05, 4.69) is 19.1 Å². The maximum atomic E-state index is 13.1. The molecule has 0 bridgehead atoms. The Balaban J connectivity index is 4.76. The molecule has 7 heteroatoms. The summed E-state index contributed by atoms with van der Waals surface area (Å²) < 4.78 is 27.7. The highest BCUT2D eigenvalue weighted by molar-refractivity contribution is 7.90. The molecule has 1 unspecified atom stereocenters. The van der Waals surface area contributed by atoms with Crippen LogP contribution in [-0.4, -0.2) is 31.1 Å². The molecule has 0 heterocycles. The van der Waals surface area contributed by atoms with Crippen molar-refractivity contribution in [2.45, 2.75) is 108 Å². The maximum absolute atomic E-state index is 13.1. The Morgan fingerprint density at radius 2 is 1.21 bits per heavy atom. The van der Waals surface area contributed by atoms with Crippen LogP contribution in [0.1, 0.15) is 103 Å². The molecular weight excluding hydrogens is 384 g/mol. The third-order valence-electron chi connectivity index (χ3n) is 5.08. The minimum absolute atomic E-state index is 0.402. The molecule has 1 atom stereocenters. The lowest BCUT2D eigenvalue weighted by molar-refractivity contribution is 0.380. The van der Waals surface area contributed by atoms with Gasteiger partial charge in [-0.1, -0.05) is 58.3 Å². The van der Waals surface area contributed by atoms with E-state index in [1.807, 2.05) is 6.07 Å². The topological polar surface area (TPSA) is 109 Å². The number of hydrogen-bond acceptors (Lipinski definition) is 5. The molecule has 0 N–H and O–H groups in total. The summed E-state index contributed by atoms with van der Waals surface area (Å²) in [6, 6.07) is 6.29. The van der Waals surface area contributed by atoms with Gasteiger partial charge < -0.3 is 0 Å². The van der Waals surface area contributed by atoms with Gasteiger partial charge in [0.05, 0.1) is 18.2 Å². The van der Waals surface area contributed by atoms with Gasteiger partial charge in [0.15, 0.2) is 5.25 Å². The van der Waals surface area contributed by atoms with Gasteiger partial charge in [-0.05, 0) is 32.1 Å². The summed E-state index contributed by atoms with van der Waals surface area (Å²) in [5.74, 6) is 0. The van der Waals surface area contributed by atoms with Gasteiger partial charge in [0.1, 0.15) is 0 Å². The quantitative estimate of drug-likeness (QED) is 0.258. The third kappa shape index (κ3) is 13.3. The predicted molar refractivity (Wildman–Crippen MR) is 116 cm³/mol. The maximum Gasteiger partial charge on any atom is 0.230 e. The van der Waals surface area contributed by atoms with Gasteiger partial charge in [0, 0.05) is 25.9 Å². The van der Waals surface area contributed by atoms with Crippen LogP contribution < -0.4 is 0 Å². The molecule has 0 aromatic carbocycles. The first-order chi connectivity index (χ1) is 14.0. The van der Waals surface area contributed by atoms with E-state index in [4.69, 9.17) is 10.5 Å². The molecule has 29 heavy (non-hydrogen) atoms. The Morgan fingerprint density at radius 1 is 0.724 bits per heavy atom. The third-order valence-corrected chi connectivity index (χ3v) is 7.22. The lowest BCUT2D eigenvalue weighted by Gasteiger charge is -2.25. The first kappa shape index (κ1) is 27.4. The lowest BCUT2D eigenvalue weighted by Crippen LogP contribution is -2.39. The fraction of sp³-hybridized carbons (Fsp3) is 0.864. The molecule has 0 amide bonds. The molecule has 0 rings (SSSR count). The van der Waals surface area contributed by atoms with Crippen molar-refractivity contribution in [3.8, 4) is 18.2 Å². The smallest absolute Gasteiger partial charge is 0.211 e. The van der Waals surface area contributed by atoms with E-state index < -0.39 is 15.3 Å². The largest absolute Gasteiger partial charge is 0.230 e. The number of nitrogens with zero attached hydrogens (tertiary/aromatic N) is 4. The van der Waals surface area contributed by atoms with Crippen LogP contribution in [0.15, 0.2) is 0 Å². The molecule has 6 nitrogen and oxygen atoms in total. The van der Waals surface area contributed by atoms with E-state index in [9.17, 15) is 13.7 Å². The van der Waals surface area contributed by atoms with E-state index in [0.717, 1.165) is 77.0 Å². The van der Waals surface area contributed by atoms with Crippen molar-refractivity contribution in [3.63, 3.8) is 0 Å². The Morgan fingerprint density at radius 3 is 1.66 bits per heavy atom. The summed E-state index contributed by atoms with van der Waals surface area (Å²) in [6.45, 7) is 2.99. The number of rotatable bonds is 19. The SMILES string of the molecule is CCCCCCC(C#N)S(=O)(=O)N(CCCCCCC#N)CCCCCCC#N. The first-order valence-corrected chi connectivity index (χ1v) is 12.7. The Kier molecular flexibility index (Phi) is 17.4. The van der Waals surface area contributed by atoms with Crippen molar-refractivity contribution in [2.24, 2.45) is 0 Å². The molecule has 0 aliphatic rings. The summed E-state index contributed by atoms with van der Waals surface area (Å²) in [7, 11) is -3.63. The molecular formula is C22H38N4O2S. The van der Waals surface area contributed by atoms with Crippen LogP contribution in [0.3, 0.4) is 0 Å². The zero-order valence-corrected chi connectivity index (χ0v) is 18.9. The minimum Gasteiger partial charge on any atom is -0.211 e. The molecule has 164 valence electrons. The fourth-order valence-corrected chi connectivity index (χ4v) is 5.00. The molecule has 0 aromatic rings. The zero-order chi connectivity index (χ0) is 21.8. The molecule has 0 saturated carbocycles. The highest BCUT2D eigenvalue weighted by Crippen LogP contribution is 2.19. The second-order valence-corrected chi connectivity index (χ2v) is 9.67. The average Bonchev–Trinajstić information content (AvgIpc) is 2.71. The van der Waals surface area contributed by atoms with Gasteiger partial charge in [-0.2, -0.15) is 15.8 Å². The summed E-state index contributed by atoms with van der Waals surface area (Å²) in [4.78, 5) is 0. The van der Waals surface area contributed by atoms with Crippen molar-refractivity contribution >= 4 is 10.0 Å². The highest BCUT2D eigenvalue weighted by atomic mass is 32.2. The second kappa shape index (κ2) is 18.4. The van der Waals surface area contributed by atoms with Gasteiger partial charge in [-0.25, -0.2) is 12.7 Å². The van der Waals surface area contributed by atoms with Crippen molar-refractivity contribution in [3.05, 3.63) is 0 Å². The standard InChI is InChI=1S/C22H38N4O2S/c1-2-3-4-11-16-22(21-25)29(27,28)26(19-14-9-5-7-12-17-23)20-15-10-6-8-13-18-24/h22H,2-16,19-20H2,1H3. The van der Waals surface area contributed by atoms with Crippen LogP contribution in [0.5, 0.6) is 0 Å². The van der Waals surface area contributed by atoms with Crippen LogP contribution in [0, 0.1) is 34.0 Å². The normalized spacial score (nSPS) is 12.2. The van der Waals surface area contributed by atoms with E-state index in [1.165, 1.54) is 4.31 Å². The summed E-state index contributed by atoms with van der Waals surface area (Å²) in [6.07, 6.45) is 12.2. The van der Waals surface area contributed by atoms with Gasteiger partial charge in [-0.3, -0.25) is 0 Å². The van der Waals surface area contributed by atoms with E-state index in [0.29, 0.717) is 32.4 Å². The molecule has 0 aromatic heterocycles. The van der Waals surface area contributed by atoms with Crippen LogP contribution in [-0.2, 0) is 10.0 Å². The Hall–Kier alpha value is -1.62. The molecule has 0 fully saturated rings. The molecule has 0 saturated heterocycles. The average molecular weight is 423 g/mol. The van der Waals surface area contributed by atoms with Gasteiger partial charge in [0.2, 0.25) is 10.0 Å². The number of hydrogen-bond donors (Lipinski definition) is 0. The van der Waals surface area contributed by atoms with E-state index in [-0.39, 0.29) is 0 Å². The molecule has 0 radical (unpaired) electrons. The van der Waals surface area contributed by atoms with Gasteiger partial charge >= 0.3 is 0 Å². The predicted octanol–water partition coefficient (Wildman–Crippen LogP) is 5.43. The van der Waals surface area contributed by atoms with Crippen molar-refractivity contribution in [1.82, 2.24) is 4.31 Å². The zero-order valence-electron chi connectivity index (χ0n) is 18.1. The fourth-order valence-electron chi connectivity index (χ4n) is 3.27. The summed E-state index contributed by atoms with van der Waals surface area (Å²) in [5, 5.41) is 25.7.